The topological polar surface area (TPSA) is 72.6 Å². The van der Waals surface area contributed by atoms with E-state index in [9.17, 15) is 4.57 Å². The molecule has 14 heavy (non-hydrogen) atoms. The quantitative estimate of drug-likeness (QED) is 0.479. The lowest BCUT2D eigenvalue weighted by Crippen LogP contribution is -2.31. The maximum Gasteiger partial charge on any atom is 0.349 e. The van der Waals surface area contributed by atoms with Gasteiger partial charge >= 0.3 is 7.60 Å². The number of para-hydroxylation sites is 1. The maximum atomic E-state index is 11.1. The summed E-state index contributed by atoms with van der Waals surface area (Å²) in [6.07, 6.45) is 0. The molecule has 2 aliphatic heterocycles. The van der Waals surface area contributed by atoms with Crippen molar-refractivity contribution in [2.24, 2.45) is 0 Å². The van der Waals surface area contributed by atoms with Crippen molar-refractivity contribution < 1.29 is 14.4 Å². The molecule has 0 amide bonds. The van der Waals surface area contributed by atoms with Crippen molar-refractivity contribution >= 4 is 24.7 Å². The van der Waals surface area contributed by atoms with E-state index in [1.807, 2.05) is 23.1 Å². The molecule has 0 aromatic heterocycles. The Hall–Kier alpha value is -1.03. The Morgan fingerprint density at radius 3 is 3.00 bits per heavy atom. The van der Waals surface area contributed by atoms with E-state index >= 15 is 0 Å². The van der Waals surface area contributed by atoms with Crippen LogP contribution in [0.3, 0.4) is 0 Å². The average molecular weight is 212 g/mol. The molecule has 2 heterocycles. The first-order valence-electron chi connectivity index (χ1n) is 4.30. The van der Waals surface area contributed by atoms with Gasteiger partial charge in [0.05, 0.1) is 23.6 Å². The molecule has 0 radical (unpaired) electrons. The normalized spacial score (nSPS) is 22.7. The van der Waals surface area contributed by atoms with Crippen LogP contribution in [-0.2, 0) is 4.57 Å². The molecular formula is C8H9N2O3P. The summed E-state index contributed by atoms with van der Waals surface area (Å²) in [6, 6.07) is 5.66. The van der Waals surface area contributed by atoms with Crippen molar-refractivity contribution in [3.63, 3.8) is 0 Å². The van der Waals surface area contributed by atoms with Crippen molar-refractivity contribution in [1.29, 1.82) is 0 Å². The predicted octanol–water partition coefficient (Wildman–Crippen LogP) is 1.07. The maximum absolute atomic E-state index is 11.1. The van der Waals surface area contributed by atoms with Gasteiger partial charge in [-0.3, -0.25) is 4.57 Å². The van der Waals surface area contributed by atoms with Gasteiger partial charge in [0.1, 0.15) is 5.78 Å². The van der Waals surface area contributed by atoms with E-state index in [1.165, 1.54) is 0 Å². The van der Waals surface area contributed by atoms with Gasteiger partial charge < -0.3 is 20.0 Å². The highest BCUT2D eigenvalue weighted by Gasteiger charge is 2.43. The Kier molecular flexibility index (Phi) is 1.37. The molecule has 2 aliphatic rings. The molecule has 6 heteroatoms. The van der Waals surface area contributed by atoms with Crippen molar-refractivity contribution in [3.05, 3.63) is 18.2 Å². The highest BCUT2D eigenvalue weighted by Crippen LogP contribution is 2.58. The third kappa shape index (κ3) is 1.00. The van der Waals surface area contributed by atoms with E-state index in [2.05, 4.69) is 5.32 Å². The summed E-state index contributed by atoms with van der Waals surface area (Å²) < 4.78 is 11.1. The average Bonchev–Trinajstić information content (AvgIpc) is 2.80. The largest absolute Gasteiger partial charge is 0.368 e. The lowest BCUT2D eigenvalue weighted by Gasteiger charge is -2.25. The molecule has 1 atom stereocenters. The number of rotatable bonds is 1. The second-order valence-electron chi connectivity index (χ2n) is 3.53. The molecule has 1 aromatic rings. The highest BCUT2D eigenvalue weighted by molar-refractivity contribution is 7.52. The summed E-state index contributed by atoms with van der Waals surface area (Å²) in [5.74, 6) is -0.782. The van der Waals surface area contributed by atoms with Gasteiger partial charge in [-0.1, -0.05) is 6.07 Å². The lowest BCUT2D eigenvalue weighted by molar-refractivity contribution is 0.362. The smallest absolute Gasteiger partial charge is 0.349 e. The van der Waals surface area contributed by atoms with E-state index in [-0.39, 0.29) is 0 Å². The standard InChI is InChI=1S/C8H9N2O3P/c11-14(12,13)7-4-10-6-3-1-2-5(9-7)8(6)10/h1-3,7,9H,4H2,(H2,11,12,13). The molecule has 0 bridgehead atoms. The van der Waals surface area contributed by atoms with Crippen LogP contribution in [-0.4, -0.2) is 22.1 Å². The van der Waals surface area contributed by atoms with E-state index in [4.69, 9.17) is 9.79 Å². The van der Waals surface area contributed by atoms with Crippen LogP contribution in [0.15, 0.2) is 18.2 Å². The number of nitrogens with one attached hydrogen (secondary N) is 1. The number of benzene rings is 1. The Morgan fingerprint density at radius 1 is 1.50 bits per heavy atom. The van der Waals surface area contributed by atoms with Crippen LogP contribution < -0.4 is 10.2 Å². The zero-order valence-corrected chi connectivity index (χ0v) is 8.11. The van der Waals surface area contributed by atoms with Crippen molar-refractivity contribution in [2.75, 3.05) is 16.8 Å². The first kappa shape index (κ1) is 8.29. The molecule has 0 spiro atoms. The fourth-order valence-corrected chi connectivity index (χ4v) is 2.56. The molecule has 3 N–H and O–H groups in total. The number of anilines is 3. The second kappa shape index (κ2) is 2.31. The number of hydrogen-bond acceptors (Lipinski definition) is 3. The van der Waals surface area contributed by atoms with Crippen LogP contribution in [0.1, 0.15) is 0 Å². The van der Waals surface area contributed by atoms with Crippen LogP contribution >= 0.6 is 7.60 Å². The van der Waals surface area contributed by atoms with Gasteiger partial charge in [-0.15, -0.1) is 0 Å². The van der Waals surface area contributed by atoms with E-state index in [0.29, 0.717) is 6.54 Å². The summed E-state index contributed by atoms with van der Waals surface area (Å²) in [7, 11) is -4.05. The first-order chi connectivity index (χ1) is 6.57. The molecule has 74 valence electrons. The monoisotopic (exact) mass is 212 g/mol. The summed E-state index contributed by atoms with van der Waals surface area (Å²) in [5, 5.41) is 2.86. The first-order valence-corrected chi connectivity index (χ1v) is 5.98. The van der Waals surface area contributed by atoms with Crippen LogP contribution in [0.2, 0.25) is 0 Å². The highest BCUT2D eigenvalue weighted by atomic mass is 31.2. The van der Waals surface area contributed by atoms with E-state index < -0.39 is 13.4 Å². The van der Waals surface area contributed by atoms with Gasteiger partial charge in [0.25, 0.3) is 0 Å². The Balaban J connectivity index is 1.98. The van der Waals surface area contributed by atoms with E-state index in [1.54, 1.807) is 0 Å². The number of fused-ring (bicyclic) bond motifs is 1. The number of nitrogens with zero attached hydrogens (tertiary/aromatic N) is 1. The lowest BCUT2D eigenvalue weighted by atomic mass is 10.3. The summed E-state index contributed by atoms with van der Waals surface area (Å²) in [4.78, 5) is 20.0. The molecule has 0 aliphatic carbocycles. The minimum absolute atomic E-state index is 0.358. The van der Waals surface area contributed by atoms with Gasteiger partial charge in [-0.25, -0.2) is 0 Å². The van der Waals surface area contributed by atoms with E-state index in [0.717, 1.165) is 17.1 Å². The van der Waals surface area contributed by atoms with Crippen molar-refractivity contribution in [2.45, 2.75) is 5.78 Å². The molecule has 5 nitrogen and oxygen atoms in total. The Bertz CT molecular complexity index is 456. The summed E-state index contributed by atoms with van der Waals surface area (Å²) in [5.41, 5.74) is 2.98. The van der Waals surface area contributed by atoms with Crippen molar-refractivity contribution in [3.8, 4) is 0 Å². The fraction of sp³-hybridized carbons (Fsp3) is 0.250. The zero-order chi connectivity index (χ0) is 9.92. The molecule has 0 fully saturated rings. The van der Waals surface area contributed by atoms with Crippen LogP contribution in [0.25, 0.3) is 0 Å². The van der Waals surface area contributed by atoms with Gasteiger partial charge in [0.2, 0.25) is 0 Å². The third-order valence-corrected chi connectivity index (χ3v) is 3.71. The predicted molar refractivity (Wildman–Crippen MR) is 52.9 cm³/mol. The van der Waals surface area contributed by atoms with Crippen LogP contribution in [0, 0.1) is 0 Å². The van der Waals surface area contributed by atoms with Gasteiger partial charge in [-0.05, 0) is 12.1 Å². The third-order valence-electron chi connectivity index (χ3n) is 2.61. The minimum Gasteiger partial charge on any atom is -0.368 e. The Labute approximate surface area is 80.5 Å². The SMILES string of the molecule is O=P(O)(O)C1CN2c3cccc(c32)N1. The second-order valence-corrected chi connectivity index (χ2v) is 5.33. The van der Waals surface area contributed by atoms with Gasteiger partial charge in [-0.2, -0.15) is 0 Å². The van der Waals surface area contributed by atoms with Gasteiger partial charge in [0, 0.05) is 0 Å². The molecule has 0 saturated carbocycles. The Morgan fingerprint density at radius 2 is 2.29 bits per heavy atom. The molecule has 0 saturated heterocycles. The van der Waals surface area contributed by atoms with Gasteiger partial charge in [0.15, 0.2) is 0 Å². The summed E-state index contributed by atoms with van der Waals surface area (Å²) in [6.45, 7) is 0.358. The molecule has 1 aromatic carbocycles. The van der Waals surface area contributed by atoms with Crippen molar-refractivity contribution in [1.82, 2.24) is 0 Å². The van der Waals surface area contributed by atoms with Crippen LogP contribution in [0.4, 0.5) is 17.1 Å². The molecule has 1 unspecified atom stereocenters. The van der Waals surface area contributed by atoms with Crippen LogP contribution in [0.5, 0.6) is 0 Å². The molecular weight excluding hydrogens is 203 g/mol. The number of hydrogen-bond donors (Lipinski definition) is 3. The fourth-order valence-electron chi connectivity index (χ4n) is 1.87. The summed E-state index contributed by atoms with van der Waals surface area (Å²) >= 11 is 0. The minimum atomic E-state index is -4.05. The zero-order valence-electron chi connectivity index (χ0n) is 7.21. The molecule has 3 rings (SSSR count).